The van der Waals surface area contributed by atoms with Crippen molar-refractivity contribution < 1.29 is 0 Å². The minimum absolute atomic E-state index is 0.598. The number of hydrogen-bond donors (Lipinski definition) is 1. The Labute approximate surface area is 89.6 Å². The molecule has 0 aliphatic carbocycles. The molecule has 66 valence electrons. The fraction of sp³-hybridized carbons (Fsp3) is 0. The normalized spacial score (nSPS) is 10.6. The van der Waals surface area contributed by atoms with Crippen LogP contribution >= 0.6 is 27.5 Å². The summed E-state index contributed by atoms with van der Waals surface area (Å²) in [6, 6.07) is 9.85. The van der Waals surface area contributed by atoms with Crippen molar-refractivity contribution >= 4 is 44.0 Å². The van der Waals surface area contributed by atoms with Crippen LogP contribution in [0.4, 0.5) is 5.69 Å². The maximum absolute atomic E-state index is 6.08. The van der Waals surface area contributed by atoms with Crippen molar-refractivity contribution in [2.75, 3.05) is 5.73 Å². The van der Waals surface area contributed by atoms with E-state index in [2.05, 4.69) is 15.9 Å². The number of benzene rings is 2. The molecule has 0 unspecified atom stereocenters. The molecule has 0 heterocycles. The van der Waals surface area contributed by atoms with E-state index in [4.69, 9.17) is 17.3 Å². The summed E-state index contributed by atoms with van der Waals surface area (Å²) in [5.74, 6) is 0. The minimum Gasteiger partial charge on any atom is -0.397 e. The van der Waals surface area contributed by atoms with Crippen LogP contribution in [0.5, 0.6) is 0 Å². The zero-order chi connectivity index (χ0) is 9.42. The monoisotopic (exact) mass is 255 g/mol. The maximum Gasteiger partial charge on any atom is 0.0725 e. The van der Waals surface area contributed by atoms with Crippen molar-refractivity contribution in [2.24, 2.45) is 0 Å². The molecule has 1 nitrogen and oxygen atoms in total. The Morgan fingerprint density at radius 2 is 1.92 bits per heavy atom. The number of nitrogens with two attached hydrogens (primary N) is 1. The van der Waals surface area contributed by atoms with Gasteiger partial charge in [-0.05, 0) is 27.4 Å². The van der Waals surface area contributed by atoms with E-state index in [9.17, 15) is 0 Å². The zero-order valence-electron chi connectivity index (χ0n) is 6.72. The second-order valence-corrected chi connectivity index (χ2v) is 4.04. The Kier molecular flexibility index (Phi) is 2.18. The molecule has 0 aliphatic heterocycles. The van der Waals surface area contributed by atoms with Crippen molar-refractivity contribution in [3.63, 3.8) is 0 Å². The van der Waals surface area contributed by atoms with Gasteiger partial charge in [-0.1, -0.05) is 35.9 Å². The summed E-state index contributed by atoms with van der Waals surface area (Å²) in [5.41, 5.74) is 6.37. The third kappa shape index (κ3) is 1.40. The minimum atomic E-state index is 0.598. The summed E-state index contributed by atoms with van der Waals surface area (Å²) in [5, 5.41) is 2.70. The van der Waals surface area contributed by atoms with E-state index in [-0.39, 0.29) is 0 Å². The topological polar surface area (TPSA) is 26.0 Å². The lowest BCUT2D eigenvalue weighted by molar-refractivity contribution is 1.68. The van der Waals surface area contributed by atoms with Crippen molar-refractivity contribution in [1.29, 1.82) is 0 Å². The van der Waals surface area contributed by atoms with Crippen LogP contribution in [0.15, 0.2) is 34.8 Å². The molecule has 2 aromatic rings. The predicted molar refractivity (Wildman–Crippen MR) is 61.1 cm³/mol. The summed E-state index contributed by atoms with van der Waals surface area (Å²) in [4.78, 5) is 0. The largest absolute Gasteiger partial charge is 0.397 e. The summed E-state index contributed by atoms with van der Waals surface area (Å²) in [6.45, 7) is 0. The lowest BCUT2D eigenvalue weighted by Gasteiger charge is -2.05. The molecule has 0 saturated carbocycles. The molecule has 0 aliphatic rings. The number of hydrogen-bond acceptors (Lipinski definition) is 1. The average Bonchev–Trinajstić information content (AvgIpc) is 2.15. The first-order valence-electron chi connectivity index (χ1n) is 3.82. The fourth-order valence-corrected chi connectivity index (χ4v) is 2.12. The third-order valence-corrected chi connectivity index (χ3v) is 3.04. The first-order chi connectivity index (χ1) is 6.20. The molecule has 13 heavy (non-hydrogen) atoms. The van der Waals surface area contributed by atoms with Gasteiger partial charge in [0.1, 0.15) is 0 Å². The van der Waals surface area contributed by atoms with E-state index in [1.54, 1.807) is 0 Å². The van der Waals surface area contributed by atoms with Crippen LogP contribution in [0.1, 0.15) is 0 Å². The Bertz CT molecular complexity index is 468. The highest BCUT2D eigenvalue weighted by Crippen LogP contribution is 2.34. The SMILES string of the molecule is Nc1c(Br)cc2ccccc2c1Cl. The van der Waals surface area contributed by atoms with Gasteiger partial charge in [0, 0.05) is 9.86 Å². The van der Waals surface area contributed by atoms with Gasteiger partial charge < -0.3 is 5.73 Å². The molecule has 0 bridgehead atoms. The van der Waals surface area contributed by atoms with Gasteiger partial charge in [-0.3, -0.25) is 0 Å². The second kappa shape index (κ2) is 3.20. The second-order valence-electron chi connectivity index (χ2n) is 2.81. The lowest BCUT2D eigenvalue weighted by atomic mass is 10.1. The molecule has 0 amide bonds. The summed E-state index contributed by atoms with van der Waals surface area (Å²) in [7, 11) is 0. The quantitative estimate of drug-likeness (QED) is 0.712. The van der Waals surface area contributed by atoms with Gasteiger partial charge in [0.2, 0.25) is 0 Å². The van der Waals surface area contributed by atoms with Crippen LogP contribution in [0.3, 0.4) is 0 Å². The van der Waals surface area contributed by atoms with E-state index < -0.39 is 0 Å². The van der Waals surface area contributed by atoms with Crippen molar-refractivity contribution in [1.82, 2.24) is 0 Å². The fourth-order valence-electron chi connectivity index (χ4n) is 1.29. The molecule has 2 rings (SSSR count). The molecule has 2 N–H and O–H groups in total. The Hall–Kier alpha value is -0.730. The highest BCUT2D eigenvalue weighted by atomic mass is 79.9. The zero-order valence-corrected chi connectivity index (χ0v) is 9.06. The molecule has 0 atom stereocenters. The highest BCUT2D eigenvalue weighted by Gasteiger charge is 2.05. The van der Waals surface area contributed by atoms with Gasteiger partial charge in [-0.15, -0.1) is 0 Å². The summed E-state index contributed by atoms with van der Waals surface area (Å²) >= 11 is 9.43. The van der Waals surface area contributed by atoms with Crippen molar-refractivity contribution in [2.45, 2.75) is 0 Å². The molecule has 0 spiro atoms. The van der Waals surface area contributed by atoms with Crippen LogP contribution < -0.4 is 5.73 Å². The molecule has 0 aromatic heterocycles. The number of fused-ring (bicyclic) bond motifs is 1. The van der Waals surface area contributed by atoms with E-state index in [1.807, 2.05) is 30.3 Å². The van der Waals surface area contributed by atoms with Crippen LogP contribution in [0, 0.1) is 0 Å². The lowest BCUT2D eigenvalue weighted by Crippen LogP contribution is -1.88. The van der Waals surface area contributed by atoms with E-state index >= 15 is 0 Å². The first-order valence-corrected chi connectivity index (χ1v) is 4.99. The number of halogens is 2. The van der Waals surface area contributed by atoms with Gasteiger partial charge >= 0.3 is 0 Å². The molecular formula is C10H7BrClN. The van der Waals surface area contributed by atoms with Crippen LogP contribution in [-0.4, -0.2) is 0 Å². The summed E-state index contributed by atoms with van der Waals surface area (Å²) in [6.07, 6.45) is 0. The van der Waals surface area contributed by atoms with Gasteiger partial charge in [0.15, 0.2) is 0 Å². The molecule has 0 radical (unpaired) electrons. The van der Waals surface area contributed by atoms with Crippen LogP contribution in [-0.2, 0) is 0 Å². The van der Waals surface area contributed by atoms with Crippen LogP contribution in [0.2, 0.25) is 5.02 Å². The smallest absolute Gasteiger partial charge is 0.0725 e. The molecule has 0 saturated heterocycles. The maximum atomic E-state index is 6.08. The van der Waals surface area contributed by atoms with Crippen molar-refractivity contribution in [3.05, 3.63) is 39.8 Å². The first kappa shape index (κ1) is 8.85. The molecular weight excluding hydrogens is 249 g/mol. The Morgan fingerprint density at radius 3 is 2.69 bits per heavy atom. The van der Waals surface area contributed by atoms with E-state index in [0.717, 1.165) is 15.2 Å². The van der Waals surface area contributed by atoms with Crippen molar-refractivity contribution in [3.8, 4) is 0 Å². The number of nitrogen functional groups attached to an aromatic ring is 1. The van der Waals surface area contributed by atoms with Gasteiger partial charge in [0.25, 0.3) is 0 Å². The van der Waals surface area contributed by atoms with Gasteiger partial charge in [-0.2, -0.15) is 0 Å². The Morgan fingerprint density at radius 1 is 1.23 bits per heavy atom. The van der Waals surface area contributed by atoms with Gasteiger partial charge in [-0.25, -0.2) is 0 Å². The van der Waals surface area contributed by atoms with Gasteiger partial charge in [0.05, 0.1) is 10.7 Å². The van der Waals surface area contributed by atoms with Crippen LogP contribution in [0.25, 0.3) is 10.8 Å². The predicted octanol–water partition coefficient (Wildman–Crippen LogP) is 3.84. The van der Waals surface area contributed by atoms with E-state index in [0.29, 0.717) is 10.7 Å². The number of anilines is 1. The summed E-state index contributed by atoms with van der Waals surface area (Å²) < 4.78 is 0.844. The third-order valence-electron chi connectivity index (χ3n) is 1.97. The average molecular weight is 257 g/mol. The standard InChI is InChI=1S/C10H7BrClN/c11-8-5-6-3-1-2-4-7(6)9(12)10(8)13/h1-5H,13H2. The number of rotatable bonds is 0. The van der Waals surface area contributed by atoms with E-state index in [1.165, 1.54) is 0 Å². The highest BCUT2D eigenvalue weighted by molar-refractivity contribution is 9.10. The molecule has 2 aromatic carbocycles. The Balaban J connectivity index is 2.94. The molecule has 0 fully saturated rings. The molecule has 3 heteroatoms.